The summed E-state index contributed by atoms with van der Waals surface area (Å²) in [6.45, 7) is 3.88. The van der Waals surface area contributed by atoms with E-state index in [2.05, 4.69) is 0 Å². The summed E-state index contributed by atoms with van der Waals surface area (Å²) in [5.74, 6) is 0.408. The van der Waals surface area contributed by atoms with Crippen molar-refractivity contribution in [2.45, 2.75) is 25.9 Å². The number of ether oxygens (including phenoxy) is 1. The summed E-state index contributed by atoms with van der Waals surface area (Å²) in [7, 11) is 1.86. The molecule has 1 unspecified atom stereocenters. The first-order chi connectivity index (χ1) is 9.49. The van der Waals surface area contributed by atoms with Crippen molar-refractivity contribution in [1.82, 2.24) is 0 Å². The molecule has 2 heterocycles. The zero-order valence-corrected chi connectivity index (χ0v) is 12.6. The lowest BCUT2D eigenvalue weighted by molar-refractivity contribution is -0.383. The predicted molar refractivity (Wildman–Crippen MR) is 78.4 cm³/mol. The summed E-state index contributed by atoms with van der Waals surface area (Å²) in [5.41, 5.74) is 0.0742. The Hall–Kier alpha value is -1.18. The third kappa shape index (κ3) is 3.47. The average Bonchev–Trinajstić information content (AvgIpc) is 2.85. The Bertz CT molecular complexity index is 469. The molecule has 1 N–H and O–H groups in total. The zero-order chi connectivity index (χ0) is 14.7. The highest BCUT2D eigenvalue weighted by molar-refractivity contribution is 7.16. The molecule has 6 nitrogen and oxygen atoms in total. The van der Waals surface area contributed by atoms with Crippen molar-refractivity contribution in [1.29, 1.82) is 0 Å². The summed E-state index contributed by atoms with van der Waals surface area (Å²) >= 11 is 1.29. The second kappa shape index (κ2) is 6.51. The molecule has 2 atom stereocenters. The molecule has 0 aliphatic carbocycles. The summed E-state index contributed by atoms with van der Waals surface area (Å²) in [5, 5.41) is 21.3. The maximum atomic E-state index is 11.1. The molecule has 112 valence electrons. The molecule has 1 aliphatic rings. The number of aliphatic hydroxyl groups excluding tert-OH is 1. The van der Waals surface area contributed by atoms with E-state index in [1.165, 1.54) is 17.4 Å². The van der Waals surface area contributed by atoms with Crippen molar-refractivity contribution in [3.63, 3.8) is 0 Å². The third-order valence-corrected chi connectivity index (χ3v) is 4.86. The molecule has 1 saturated heterocycles. The maximum absolute atomic E-state index is 11.1. The van der Waals surface area contributed by atoms with E-state index in [0.717, 1.165) is 26.0 Å². The molecule has 0 amide bonds. The molecule has 1 aromatic rings. The fraction of sp³-hybridized carbons (Fsp3) is 0.692. The van der Waals surface area contributed by atoms with Crippen molar-refractivity contribution in [3.8, 4) is 0 Å². The van der Waals surface area contributed by atoms with Crippen molar-refractivity contribution in [2.75, 3.05) is 31.7 Å². The molecule has 0 radical (unpaired) electrons. The van der Waals surface area contributed by atoms with Gasteiger partial charge >= 0.3 is 5.69 Å². The van der Waals surface area contributed by atoms with E-state index >= 15 is 0 Å². The van der Waals surface area contributed by atoms with E-state index in [0.29, 0.717) is 22.4 Å². The van der Waals surface area contributed by atoms with Crippen LogP contribution in [0.3, 0.4) is 0 Å². The highest BCUT2D eigenvalue weighted by Crippen LogP contribution is 2.40. The maximum Gasteiger partial charge on any atom is 0.304 e. The van der Waals surface area contributed by atoms with Crippen LogP contribution in [0, 0.1) is 16.0 Å². The normalized spacial score (nSPS) is 20.6. The van der Waals surface area contributed by atoms with E-state index in [4.69, 9.17) is 4.74 Å². The molecule has 0 spiro atoms. The van der Waals surface area contributed by atoms with Crippen LogP contribution < -0.4 is 4.90 Å². The van der Waals surface area contributed by atoms with Crippen molar-refractivity contribution < 1.29 is 14.8 Å². The van der Waals surface area contributed by atoms with E-state index in [1.807, 2.05) is 11.9 Å². The molecule has 1 aromatic heterocycles. The van der Waals surface area contributed by atoms with Crippen LogP contribution in [0.4, 0.5) is 10.7 Å². The Morgan fingerprint density at radius 2 is 2.45 bits per heavy atom. The summed E-state index contributed by atoms with van der Waals surface area (Å²) in [6.07, 6.45) is 1.45. The number of aliphatic hydroxyl groups is 1. The fourth-order valence-electron chi connectivity index (χ4n) is 2.42. The van der Waals surface area contributed by atoms with E-state index in [1.54, 1.807) is 6.92 Å². The molecule has 2 rings (SSSR count). The minimum absolute atomic E-state index is 0.0742. The van der Waals surface area contributed by atoms with Gasteiger partial charge in [0.05, 0.1) is 17.6 Å². The lowest BCUT2D eigenvalue weighted by Crippen LogP contribution is -2.30. The van der Waals surface area contributed by atoms with E-state index in [9.17, 15) is 15.2 Å². The number of nitrogens with zero attached hydrogens (tertiary/aromatic N) is 2. The van der Waals surface area contributed by atoms with Gasteiger partial charge in [-0.15, -0.1) is 11.3 Å². The molecular formula is C13H20N2O4S. The predicted octanol–water partition coefficient (Wildman–Crippen LogP) is 2.57. The first kappa shape index (κ1) is 15.2. The molecule has 1 fully saturated rings. The summed E-state index contributed by atoms with van der Waals surface area (Å²) in [6, 6.07) is 1.47. The Labute approximate surface area is 122 Å². The smallest absolute Gasteiger partial charge is 0.304 e. The van der Waals surface area contributed by atoms with Crippen LogP contribution in [0.5, 0.6) is 0 Å². The Morgan fingerprint density at radius 1 is 1.70 bits per heavy atom. The Balaban J connectivity index is 2.14. The molecule has 1 aliphatic heterocycles. The lowest BCUT2D eigenvalue weighted by atomic mass is 10.0. The number of nitro groups is 1. The van der Waals surface area contributed by atoms with Gasteiger partial charge in [-0.2, -0.15) is 0 Å². The third-order valence-electron chi connectivity index (χ3n) is 3.45. The largest absolute Gasteiger partial charge is 0.388 e. The minimum atomic E-state index is -0.682. The molecule has 0 saturated carbocycles. The minimum Gasteiger partial charge on any atom is -0.388 e. The highest BCUT2D eigenvalue weighted by Gasteiger charge is 2.25. The van der Waals surface area contributed by atoms with Gasteiger partial charge in [-0.05, 0) is 25.7 Å². The molecule has 0 aromatic carbocycles. The van der Waals surface area contributed by atoms with Crippen molar-refractivity contribution >= 4 is 22.0 Å². The van der Waals surface area contributed by atoms with Crippen LogP contribution in [-0.2, 0) is 4.74 Å². The second-order valence-electron chi connectivity index (χ2n) is 5.24. The van der Waals surface area contributed by atoms with E-state index < -0.39 is 6.10 Å². The standard InChI is InChI=1S/C13H20N2O4S/c1-9(16)12-6-11(15(17)18)13(20-12)14(2)7-10-4-3-5-19-8-10/h6,9-10,16H,3-5,7-8H2,1-2H3/t9-,10?/m1/s1. The number of rotatable bonds is 5. The van der Waals surface area contributed by atoms with Crippen LogP contribution >= 0.6 is 11.3 Å². The first-order valence-corrected chi connectivity index (χ1v) is 7.55. The second-order valence-corrected chi connectivity index (χ2v) is 6.30. The van der Waals surface area contributed by atoms with Crippen LogP contribution in [0.1, 0.15) is 30.7 Å². The average molecular weight is 300 g/mol. The molecule has 0 bridgehead atoms. The first-order valence-electron chi connectivity index (χ1n) is 6.74. The van der Waals surface area contributed by atoms with Crippen LogP contribution in [0.15, 0.2) is 6.07 Å². The van der Waals surface area contributed by atoms with Gasteiger partial charge in [0, 0.05) is 31.1 Å². The van der Waals surface area contributed by atoms with Gasteiger partial charge in [0.25, 0.3) is 0 Å². The topological polar surface area (TPSA) is 75.8 Å². The van der Waals surface area contributed by atoms with Crippen LogP contribution in [0.25, 0.3) is 0 Å². The van der Waals surface area contributed by atoms with Gasteiger partial charge in [-0.1, -0.05) is 0 Å². The number of hydrogen-bond acceptors (Lipinski definition) is 6. The Kier molecular flexibility index (Phi) is 4.95. The van der Waals surface area contributed by atoms with Gasteiger partial charge in [-0.25, -0.2) is 0 Å². The van der Waals surface area contributed by atoms with Gasteiger partial charge in [-0.3, -0.25) is 10.1 Å². The zero-order valence-electron chi connectivity index (χ0n) is 11.7. The number of hydrogen-bond donors (Lipinski definition) is 1. The van der Waals surface area contributed by atoms with Gasteiger partial charge in [0.1, 0.15) is 0 Å². The van der Waals surface area contributed by atoms with Gasteiger partial charge in [0.15, 0.2) is 5.00 Å². The molecular weight excluding hydrogens is 280 g/mol. The van der Waals surface area contributed by atoms with E-state index in [-0.39, 0.29) is 10.6 Å². The number of anilines is 1. The Morgan fingerprint density at radius 3 is 3.00 bits per heavy atom. The van der Waals surface area contributed by atoms with Gasteiger partial charge < -0.3 is 14.7 Å². The summed E-state index contributed by atoms with van der Waals surface area (Å²) < 4.78 is 5.44. The highest BCUT2D eigenvalue weighted by atomic mass is 32.1. The van der Waals surface area contributed by atoms with Crippen LogP contribution in [-0.4, -0.2) is 36.8 Å². The number of thiophene rings is 1. The fourth-order valence-corrected chi connectivity index (χ4v) is 3.45. The van der Waals surface area contributed by atoms with Gasteiger partial charge in [0.2, 0.25) is 0 Å². The monoisotopic (exact) mass is 300 g/mol. The van der Waals surface area contributed by atoms with Crippen molar-refractivity contribution in [3.05, 3.63) is 21.1 Å². The lowest BCUT2D eigenvalue weighted by Gasteiger charge is -2.27. The summed E-state index contributed by atoms with van der Waals surface area (Å²) in [4.78, 5) is 13.3. The quantitative estimate of drug-likeness (QED) is 0.668. The molecule has 20 heavy (non-hydrogen) atoms. The van der Waals surface area contributed by atoms with Crippen LogP contribution in [0.2, 0.25) is 0 Å². The SMILES string of the molecule is C[C@@H](O)c1cc([N+](=O)[O-])c(N(C)CC2CCCOC2)s1. The van der Waals surface area contributed by atoms with Crippen molar-refractivity contribution in [2.24, 2.45) is 5.92 Å². The molecule has 7 heteroatoms.